The van der Waals surface area contributed by atoms with E-state index in [1.54, 1.807) is 12.1 Å². The van der Waals surface area contributed by atoms with Crippen LogP contribution >= 0.6 is 0 Å². The fraction of sp³-hybridized carbons (Fsp3) is 0.379. The maximum atomic E-state index is 14.5. The van der Waals surface area contributed by atoms with Crippen LogP contribution in [0.2, 0.25) is 0 Å². The topological polar surface area (TPSA) is 12.0 Å². The third-order valence-corrected chi connectivity index (χ3v) is 7.64. The molecule has 1 heterocycles. The predicted octanol–water partition coefficient (Wildman–Crippen LogP) is 6.04. The molecular weight excluding hydrogens is 414 g/mol. The van der Waals surface area contributed by atoms with Crippen LogP contribution in [0.3, 0.4) is 0 Å². The monoisotopic (exact) mass is 447 g/mol. The van der Waals surface area contributed by atoms with Crippen molar-refractivity contribution in [1.82, 2.24) is 5.32 Å². The zero-order chi connectivity index (χ0) is 22.7. The van der Waals surface area contributed by atoms with Gasteiger partial charge in [-0.1, -0.05) is 66.7 Å². The Bertz CT molecular complexity index is 1010. The Kier molecular flexibility index (Phi) is 6.57. The molecule has 3 aromatic rings. The van der Waals surface area contributed by atoms with Gasteiger partial charge in [0.2, 0.25) is 0 Å². The Labute approximate surface area is 195 Å². The summed E-state index contributed by atoms with van der Waals surface area (Å²) >= 11 is 0. The molecule has 0 radical (unpaired) electrons. The van der Waals surface area contributed by atoms with E-state index < -0.39 is 0 Å². The third-order valence-electron chi connectivity index (χ3n) is 7.64. The Balaban J connectivity index is 1.22. The van der Waals surface area contributed by atoms with Crippen LogP contribution in [-0.2, 0) is 13.1 Å². The molecule has 2 fully saturated rings. The summed E-state index contributed by atoms with van der Waals surface area (Å²) in [5.41, 5.74) is 2.90. The molecule has 0 unspecified atom stereocenters. The van der Waals surface area contributed by atoms with Crippen LogP contribution in [-0.4, -0.2) is 30.2 Å². The van der Waals surface area contributed by atoms with Crippen molar-refractivity contribution < 1.29 is 13.3 Å². The van der Waals surface area contributed by atoms with Gasteiger partial charge in [-0.3, -0.25) is 0 Å². The number of nitrogens with zero attached hydrogens (tertiary/aromatic N) is 1. The van der Waals surface area contributed by atoms with Gasteiger partial charge in [-0.25, -0.2) is 8.78 Å². The average molecular weight is 448 g/mol. The van der Waals surface area contributed by atoms with E-state index in [0.29, 0.717) is 35.5 Å². The number of halogens is 2. The van der Waals surface area contributed by atoms with E-state index in [1.807, 2.05) is 24.3 Å². The van der Waals surface area contributed by atoms with E-state index in [1.165, 1.54) is 24.1 Å². The first-order valence-electron chi connectivity index (χ1n) is 12.2. The molecule has 1 N–H and O–H groups in total. The Morgan fingerprint density at radius 3 is 1.85 bits per heavy atom. The summed E-state index contributed by atoms with van der Waals surface area (Å²) in [6, 6.07) is 25.4. The number of piperidine rings is 1. The highest BCUT2D eigenvalue weighted by Crippen LogP contribution is 2.41. The number of likely N-dealkylation sites (tertiary alicyclic amines) is 1. The molecule has 1 aliphatic carbocycles. The van der Waals surface area contributed by atoms with Crippen LogP contribution < -0.4 is 5.32 Å². The summed E-state index contributed by atoms with van der Waals surface area (Å²) in [4.78, 5) is 0. The fourth-order valence-electron chi connectivity index (χ4n) is 5.53. The second kappa shape index (κ2) is 9.74. The first kappa shape index (κ1) is 22.2. The average Bonchev–Trinajstić information content (AvgIpc) is 3.62. The van der Waals surface area contributed by atoms with E-state index in [-0.39, 0.29) is 11.6 Å². The minimum Gasteiger partial charge on any atom is -0.316 e. The molecule has 2 atom stereocenters. The van der Waals surface area contributed by atoms with Gasteiger partial charge in [0.15, 0.2) is 0 Å². The lowest BCUT2D eigenvalue weighted by Gasteiger charge is -2.44. The van der Waals surface area contributed by atoms with Crippen molar-refractivity contribution in [2.75, 3.05) is 19.6 Å². The van der Waals surface area contributed by atoms with Crippen LogP contribution in [0.25, 0.3) is 0 Å². The number of hydrogen-bond donors (Lipinski definition) is 1. The molecule has 1 saturated heterocycles. The summed E-state index contributed by atoms with van der Waals surface area (Å²) in [6.07, 6.45) is 3.38. The molecule has 2 nitrogen and oxygen atoms in total. The molecule has 2 aliphatic rings. The number of rotatable bonds is 8. The molecule has 3 aromatic carbocycles. The second-order valence-corrected chi connectivity index (χ2v) is 10.00. The van der Waals surface area contributed by atoms with E-state index in [0.717, 1.165) is 43.6 Å². The summed E-state index contributed by atoms with van der Waals surface area (Å²) in [5.74, 6) is 0.947. The molecule has 0 amide bonds. The highest BCUT2D eigenvalue weighted by molar-refractivity contribution is 5.27. The maximum Gasteiger partial charge on any atom is 0.132 e. The fourth-order valence-corrected chi connectivity index (χ4v) is 5.53. The lowest BCUT2D eigenvalue weighted by atomic mass is 9.93. The molecule has 5 rings (SSSR count). The molecule has 0 bridgehead atoms. The van der Waals surface area contributed by atoms with Gasteiger partial charge in [-0.15, -0.1) is 0 Å². The zero-order valence-electron chi connectivity index (χ0n) is 19.1. The SMILES string of the molecule is Fc1ccccc1C[N+]1(Cc2ccccc2F)CCC(CN[C@@H]2C[C@H]2c2ccccc2)CC1. The summed E-state index contributed by atoms with van der Waals surface area (Å²) in [5, 5.41) is 3.79. The molecule has 4 heteroatoms. The molecule has 33 heavy (non-hydrogen) atoms. The first-order chi connectivity index (χ1) is 16.1. The molecule has 0 aromatic heterocycles. The van der Waals surface area contributed by atoms with Gasteiger partial charge in [0.05, 0.1) is 13.1 Å². The van der Waals surface area contributed by atoms with E-state index >= 15 is 0 Å². The van der Waals surface area contributed by atoms with Crippen molar-refractivity contribution in [3.8, 4) is 0 Å². The minimum atomic E-state index is -0.159. The van der Waals surface area contributed by atoms with Crippen molar-refractivity contribution in [2.45, 2.75) is 44.3 Å². The van der Waals surface area contributed by atoms with Gasteiger partial charge in [-0.05, 0) is 36.6 Å². The van der Waals surface area contributed by atoms with Crippen molar-refractivity contribution in [3.05, 3.63) is 107 Å². The van der Waals surface area contributed by atoms with Crippen molar-refractivity contribution in [3.63, 3.8) is 0 Å². The number of hydrogen-bond acceptors (Lipinski definition) is 1. The normalized spacial score (nSPS) is 22.2. The maximum absolute atomic E-state index is 14.5. The van der Waals surface area contributed by atoms with Crippen molar-refractivity contribution in [1.29, 1.82) is 0 Å². The first-order valence-corrected chi connectivity index (χ1v) is 12.2. The number of quaternary nitrogens is 1. The van der Waals surface area contributed by atoms with Gasteiger partial charge in [0, 0.05) is 35.9 Å². The van der Waals surface area contributed by atoms with Crippen LogP contribution in [0.4, 0.5) is 8.78 Å². The smallest absolute Gasteiger partial charge is 0.132 e. The van der Waals surface area contributed by atoms with E-state index in [4.69, 9.17) is 0 Å². The standard InChI is InChI=1S/C29H33F2N2/c30-27-12-6-4-10-24(27)20-33(21-25-11-5-7-13-28(25)31)16-14-22(15-17-33)19-32-29-18-26(29)23-8-2-1-3-9-23/h1-13,22,26,29,32H,14-21H2/q+1/t26-,29+/m0/s1. The molecule has 0 spiro atoms. The van der Waals surface area contributed by atoms with E-state index in [2.05, 4.69) is 35.6 Å². The summed E-state index contributed by atoms with van der Waals surface area (Å²) < 4.78 is 29.7. The molecule has 172 valence electrons. The zero-order valence-corrected chi connectivity index (χ0v) is 19.1. The van der Waals surface area contributed by atoms with Crippen molar-refractivity contribution >= 4 is 0 Å². The summed E-state index contributed by atoms with van der Waals surface area (Å²) in [7, 11) is 0. The second-order valence-electron chi connectivity index (χ2n) is 10.00. The predicted molar refractivity (Wildman–Crippen MR) is 129 cm³/mol. The van der Waals surface area contributed by atoms with Gasteiger partial charge in [-0.2, -0.15) is 0 Å². The largest absolute Gasteiger partial charge is 0.316 e. The number of nitrogens with one attached hydrogen (secondary N) is 1. The third kappa shape index (κ3) is 5.34. The van der Waals surface area contributed by atoms with Crippen LogP contribution in [0.15, 0.2) is 78.9 Å². The molecule has 1 saturated carbocycles. The van der Waals surface area contributed by atoms with Crippen LogP contribution in [0.1, 0.15) is 41.9 Å². The molecule has 1 aliphatic heterocycles. The van der Waals surface area contributed by atoms with Crippen LogP contribution in [0, 0.1) is 17.6 Å². The van der Waals surface area contributed by atoms with Gasteiger partial charge >= 0.3 is 0 Å². The number of benzene rings is 3. The van der Waals surface area contributed by atoms with E-state index in [9.17, 15) is 8.78 Å². The lowest BCUT2D eigenvalue weighted by Crippen LogP contribution is -2.53. The summed E-state index contributed by atoms with van der Waals surface area (Å²) in [6.45, 7) is 4.15. The minimum absolute atomic E-state index is 0.159. The van der Waals surface area contributed by atoms with Gasteiger partial charge in [0.25, 0.3) is 0 Å². The van der Waals surface area contributed by atoms with Crippen molar-refractivity contribution in [2.24, 2.45) is 5.92 Å². The highest BCUT2D eigenvalue weighted by Gasteiger charge is 2.40. The van der Waals surface area contributed by atoms with Crippen LogP contribution in [0.5, 0.6) is 0 Å². The van der Waals surface area contributed by atoms with Gasteiger partial charge < -0.3 is 9.80 Å². The Morgan fingerprint density at radius 2 is 1.27 bits per heavy atom. The van der Waals surface area contributed by atoms with Gasteiger partial charge in [0.1, 0.15) is 24.7 Å². The Morgan fingerprint density at radius 1 is 0.727 bits per heavy atom. The quantitative estimate of drug-likeness (QED) is 0.415. The Hall–Kier alpha value is -2.56. The highest BCUT2D eigenvalue weighted by atomic mass is 19.1. The molecular formula is C29H33F2N2+. The lowest BCUT2D eigenvalue weighted by molar-refractivity contribution is -0.958.